The molecule has 2 aromatic rings. The second-order valence-electron chi connectivity index (χ2n) is 4.06. The third kappa shape index (κ3) is 2.31. The van der Waals surface area contributed by atoms with Crippen molar-refractivity contribution in [3.8, 4) is 11.3 Å². The summed E-state index contributed by atoms with van der Waals surface area (Å²) in [7, 11) is 0. The van der Waals surface area contributed by atoms with E-state index >= 15 is 0 Å². The molecule has 17 heavy (non-hydrogen) atoms. The molecule has 0 saturated carbocycles. The number of halogens is 1. The second-order valence-corrected chi connectivity index (χ2v) is 5.14. The number of aromatic nitrogens is 1. The summed E-state index contributed by atoms with van der Waals surface area (Å²) >= 11 is 2.33. The Morgan fingerprint density at radius 1 is 1.41 bits per heavy atom. The SMILES string of the molecule is CCCc1c(N)noc1-c1cccc(C)c1I. The van der Waals surface area contributed by atoms with Crippen LogP contribution in [0.25, 0.3) is 11.3 Å². The lowest BCUT2D eigenvalue weighted by Gasteiger charge is -2.05. The fraction of sp³-hybridized carbons (Fsp3) is 0.308. The summed E-state index contributed by atoms with van der Waals surface area (Å²) in [5, 5.41) is 3.88. The van der Waals surface area contributed by atoms with Gasteiger partial charge >= 0.3 is 0 Å². The molecule has 1 aromatic carbocycles. The molecule has 0 radical (unpaired) electrons. The molecule has 3 nitrogen and oxygen atoms in total. The van der Waals surface area contributed by atoms with Crippen LogP contribution in [0.15, 0.2) is 22.7 Å². The average molecular weight is 342 g/mol. The second kappa shape index (κ2) is 5.08. The number of rotatable bonds is 3. The molecule has 0 saturated heterocycles. The Hall–Kier alpha value is -1.04. The minimum absolute atomic E-state index is 0.513. The fourth-order valence-corrected chi connectivity index (χ4v) is 2.45. The number of anilines is 1. The summed E-state index contributed by atoms with van der Waals surface area (Å²) in [4.78, 5) is 0. The smallest absolute Gasteiger partial charge is 0.173 e. The maximum Gasteiger partial charge on any atom is 0.173 e. The molecule has 0 fully saturated rings. The molecule has 0 aliphatic heterocycles. The van der Waals surface area contributed by atoms with Crippen molar-refractivity contribution in [2.45, 2.75) is 26.7 Å². The van der Waals surface area contributed by atoms with Gasteiger partial charge in [0, 0.05) is 14.7 Å². The van der Waals surface area contributed by atoms with Crippen LogP contribution in [0.1, 0.15) is 24.5 Å². The van der Waals surface area contributed by atoms with E-state index in [4.69, 9.17) is 10.3 Å². The van der Waals surface area contributed by atoms with Crippen LogP contribution >= 0.6 is 22.6 Å². The number of benzene rings is 1. The molecule has 4 heteroatoms. The molecule has 2 N–H and O–H groups in total. The van der Waals surface area contributed by atoms with Gasteiger partial charge < -0.3 is 10.3 Å². The average Bonchev–Trinajstić information content (AvgIpc) is 2.66. The molecular weight excluding hydrogens is 327 g/mol. The molecule has 0 unspecified atom stereocenters. The Balaban J connectivity index is 2.56. The van der Waals surface area contributed by atoms with Crippen molar-refractivity contribution in [1.29, 1.82) is 0 Å². The minimum Gasteiger partial charge on any atom is -0.381 e. The lowest BCUT2D eigenvalue weighted by molar-refractivity contribution is 0.434. The summed E-state index contributed by atoms with van der Waals surface area (Å²) in [6.45, 7) is 4.21. The third-order valence-corrected chi connectivity index (χ3v) is 4.19. The Labute approximate surface area is 115 Å². The Bertz CT molecular complexity index is 534. The van der Waals surface area contributed by atoms with E-state index in [-0.39, 0.29) is 0 Å². The van der Waals surface area contributed by atoms with Gasteiger partial charge in [0.1, 0.15) is 0 Å². The highest BCUT2D eigenvalue weighted by molar-refractivity contribution is 14.1. The summed E-state index contributed by atoms with van der Waals surface area (Å²) in [6.07, 6.45) is 1.93. The number of nitrogen functional groups attached to an aromatic ring is 1. The van der Waals surface area contributed by atoms with Gasteiger partial charge in [-0.2, -0.15) is 0 Å². The van der Waals surface area contributed by atoms with Gasteiger partial charge in [0.15, 0.2) is 11.6 Å². The van der Waals surface area contributed by atoms with Crippen LogP contribution in [0.5, 0.6) is 0 Å². The van der Waals surface area contributed by atoms with Crippen LogP contribution in [0.4, 0.5) is 5.82 Å². The standard InChI is InChI=1S/C13H15IN2O/c1-3-5-10-12(17-16-13(10)15)9-7-4-6-8(2)11(9)14/h4,6-7H,3,5H2,1-2H3,(H2,15,16). The van der Waals surface area contributed by atoms with E-state index in [1.807, 2.05) is 12.1 Å². The van der Waals surface area contributed by atoms with Crippen molar-refractivity contribution in [3.05, 3.63) is 32.9 Å². The molecule has 0 bridgehead atoms. The van der Waals surface area contributed by atoms with E-state index < -0.39 is 0 Å². The van der Waals surface area contributed by atoms with E-state index in [9.17, 15) is 0 Å². The number of nitrogens with zero attached hydrogens (tertiary/aromatic N) is 1. The monoisotopic (exact) mass is 342 g/mol. The van der Waals surface area contributed by atoms with Gasteiger partial charge in [0.05, 0.1) is 0 Å². The molecule has 1 aromatic heterocycles. The van der Waals surface area contributed by atoms with E-state index in [1.54, 1.807) is 0 Å². The predicted molar refractivity (Wildman–Crippen MR) is 77.8 cm³/mol. The van der Waals surface area contributed by atoms with Crippen molar-refractivity contribution in [1.82, 2.24) is 5.16 Å². The highest BCUT2D eigenvalue weighted by Crippen LogP contribution is 2.33. The van der Waals surface area contributed by atoms with E-state index in [0.717, 1.165) is 29.7 Å². The first-order valence-electron chi connectivity index (χ1n) is 5.64. The van der Waals surface area contributed by atoms with Crippen LogP contribution in [-0.4, -0.2) is 5.16 Å². The lowest BCUT2D eigenvalue weighted by Crippen LogP contribution is -1.94. The summed E-state index contributed by atoms with van der Waals surface area (Å²) < 4.78 is 6.58. The van der Waals surface area contributed by atoms with Gasteiger partial charge in [-0.1, -0.05) is 36.7 Å². The van der Waals surface area contributed by atoms with Gasteiger partial charge in [-0.05, 0) is 41.5 Å². The van der Waals surface area contributed by atoms with Crippen LogP contribution < -0.4 is 5.73 Å². The Morgan fingerprint density at radius 2 is 2.18 bits per heavy atom. The van der Waals surface area contributed by atoms with Crippen molar-refractivity contribution in [3.63, 3.8) is 0 Å². The zero-order valence-electron chi connectivity index (χ0n) is 9.96. The van der Waals surface area contributed by atoms with Crippen LogP contribution in [-0.2, 0) is 6.42 Å². The van der Waals surface area contributed by atoms with Gasteiger partial charge in [0.2, 0.25) is 0 Å². The summed E-state index contributed by atoms with van der Waals surface area (Å²) in [6, 6.07) is 6.17. The maximum absolute atomic E-state index is 5.85. The molecule has 0 aliphatic rings. The number of aryl methyl sites for hydroxylation is 1. The van der Waals surface area contributed by atoms with Crippen molar-refractivity contribution in [2.24, 2.45) is 0 Å². The number of hydrogen-bond donors (Lipinski definition) is 1. The molecule has 0 amide bonds. The van der Waals surface area contributed by atoms with Crippen molar-refractivity contribution in [2.75, 3.05) is 5.73 Å². The molecule has 0 aliphatic carbocycles. The number of nitrogens with two attached hydrogens (primary N) is 1. The number of hydrogen-bond acceptors (Lipinski definition) is 3. The lowest BCUT2D eigenvalue weighted by atomic mass is 10.0. The van der Waals surface area contributed by atoms with Gasteiger partial charge in [-0.25, -0.2) is 0 Å². The highest BCUT2D eigenvalue weighted by Gasteiger charge is 2.17. The van der Waals surface area contributed by atoms with E-state index in [0.29, 0.717) is 5.82 Å². The van der Waals surface area contributed by atoms with Crippen LogP contribution in [0.3, 0.4) is 0 Å². The zero-order chi connectivity index (χ0) is 12.4. The first-order chi connectivity index (χ1) is 8.15. The van der Waals surface area contributed by atoms with E-state index in [1.165, 1.54) is 9.13 Å². The Morgan fingerprint density at radius 3 is 2.88 bits per heavy atom. The van der Waals surface area contributed by atoms with Crippen molar-refractivity contribution >= 4 is 28.4 Å². The Kier molecular flexibility index (Phi) is 3.71. The van der Waals surface area contributed by atoms with Gasteiger partial charge in [0.25, 0.3) is 0 Å². The molecule has 90 valence electrons. The quantitative estimate of drug-likeness (QED) is 0.864. The molecule has 0 atom stereocenters. The molecular formula is C13H15IN2O. The highest BCUT2D eigenvalue weighted by atomic mass is 127. The topological polar surface area (TPSA) is 52.0 Å². The van der Waals surface area contributed by atoms with Gasteiger partial charge in [-0.3, -0.25) is 0 Å². The van der Waals surface area contributed by atoms with Crippen molar-refractivity contribution < 1.29 is 4.52 Å². The minimum atomic E-state index is 0.513. The maximum atomic E-state index is 5.85. The molecule has 2 rings (SSSR count). The first-order valence-corrected chi connectivity index (χ1v) is 6.72. The van der Waals surface area contributed by atoms with Crippen LogP contribution in [0, 0.1) is 10.5 Å². The normalized spacial score (nSPS) is 10.8. The largest absolute Gasteiger partial charge is 0.381 e. The molecule has 0 spiro atoms. The summed E-state index contributed by atoms with van der Waals surface area (Å²) in [5.41, 5.74) is 9.19. The first kappa shape index (κ1) is 12.4. The summed E-state index contributed by atoms with van der Waals surface area (Å²) in [5.74, 6) is 1.33. The van der Waals surface area contributed by atoms with Gasteiger partial charge in [-0.15, -0.1) is 0 Å². The zero-order valence-corrected chi connectivity index (χ0v) is 12.1. The third-order valence-electron chi connectivity index (χ3n) is 2.75. The van der Waals surface area contributed by atoms with Crippen LogP contribution in [0.2, 0.25) is 0 Å². The fourth-order valence-electron chi connectivity index (χ4n) is 1.85. The molecule has 1 heterocycles. The van der Waals surface area contributed by atoms with E-state index in [2.05, 4.69) is 47.7 Å². The predicted octanol–water partition coefficient (Wildman–Crippen LogP) is 3.79.